The normalized spacial score (nSPS) is 11.8. The Morgan fingerprint density at radius 1 is 1.70 bits per heavy atom. The van der Waals surface area contributed by atoms with Crippen LogP contribution in [0, 0.1) is 6.20 Å². The molecule has 0 amide bonds. The molecule has 1 radical (unpaired) electrons. The van der Waals surface area contributed by atoms with Crippen LogP contribution in [-0.2, 0) is 16.9 Å². The molecule has 0 spiro atoms. The topological polar surface area (TPSA) is 52.0 Å². The fourth-order valence-electron chi connectivity index (χ4n) is 0.660. The maximum absolute atomic E-state index is 10.8. The van der Waals surface area contributed by atoms with E-state index in [1.165, 1.54) is 10.7 Å². The number of sulfone groups is 1. The lowest BCUT2D eigenvalue weighted by atomic mass is 10.7. The van der Waals surface area contributed by atoms with Gasteiger partial charge in [-0.15, -0.1) is 0 Å². The quantitative estimate of drug-likeness (QED) is 0.561. The van der Waals surface area contributed by atoms with Gasteiger partial charge in [-0.05, 0) is 0 Å². The second kappa shape index (κ2) is 2.09. The maximum atomic E-state index is 10.8. The smallest absolute Gasteiger partial charge is 0.192 e. The zero-order chi connectivity index (χ0) is 7.78. The van der Waals surface area contributed by atoms with E-state index in [0.717, 1.165) is 6.26 Å². The molecule has 1 heterocycles. The van der Waals surface area contributed by atoms with Gasteiger partial charge >= 0.3 is 0 Å². The number of aromatic nitrogens is 2. The van der Waals surface area contributed by atoms with Gasteiger partial charge in [0.1, 0.15) is 6.20 Å². The van der Waals surface area contributed by atoms with E-state index in [1.807, 2.05) is 0 Å². The number of rotatable bonds is 1. The third-order valence-corrected chi connectivity index (χ3v) is 2.24. The molecule has 1 rings (SSSR count). The third kappa shape index (κ3) is 1.18. The highest BCUT2D eigenvalue weighted by molar-refractivity contribution is 7.90. The van der Waals surface area contributed by atoms with Gasteiger partial charge in [-0.3, -0.25) is 4.68 Å². The summed E-state index contributed by atoms with van der Waals surface area (Å²) in [7, 11) is -1.56. The molecule has 0 bridgehead atoms. The minimum absolute atomic E-state index is 0.188. The molecular formula is C5H7N2O2S. The maximum Gasteiger partial charge on any atom is 0.192 e. The third-order valence-electron chi connectivity index (χ3n) is 1.09. The lowest BCUT2D eigenvalue weighted by Crippen LogP contribution is -2.04. The Morgan fingerprint density at radius 3 is 2.50 bits per heavy atom. The number of hydrogen-bond acceptors (Lipinski definition) is 3. The Balaban J connectivity index is 3.32. The van der Waals surface area contributed by atoms with Crippen molar-refractivity contribution in [2.24, 2.45) is 7.05 Å². The SMILES string of the molecule is Cn1n[c]cc1S(C)(=O)=O. The average Bonchev–Trinajstić information content (AvgIpc) is 2.11. The van der Waals surface area contributed by atoms with Gasteiger partial charge < -0.3 is 0 Å². The predicted octanol–water partition coefficient (Wildman–Crippen LogP) is -0.376. The fraction of sp³-hybridized carbons (Fsp3) is 0.400. The van der Waals surface area contributed by atoms with E-state index in [-0.39, 0.29) is 5.03 Å². The Morgan fingerprint density at radius 2 is 2.30 bits per heavy atom. The highest BCUT2D eigenvalue weighted by Crippen LogP contribution is 2.03. The molecule has 0 aliphatic heterocycles. The second-order valence-electron chi connectivity index (χ2n) is 2.01. The lowest BCUT2D eigenvalue weighted by molar-refractivity contribution is 0.582. The van der Waals surface area contributed by atoms with Crippen molar-refractivity contribution in [1.82, 2.24) is 9.78 Å². The zero-order valence-corrected chi connectivity index (χ0v) is 6.51. The van der Waals surface area contributed by atoms with E-state index in [4.69, 9.17) is 0 Å². The van der Waals surface area contributed by atoms with Crippen molar-refractivity contribution >= 4 is 9.84 Å². The van der Waals surface area contributed by atoms with Crippen LogP contribution in [0.2, 0.25) is 0 Å². The molecule has 0 aromatic carbocycles. The first-order chi connectivity index (χ1) is 4.52. The van der Waals surface area contributed by atoms with E-state index in [2.05, 4.69) is 11.3 Å². The van der Waals surface area contributed by atoms with Crippen molar-refractivity contribution in [3.05, 3.63) is 12.3 Å². The van der Waals surface area contributed by atoms with Gasteiger partial charge in [0.25, 0.3) is 0 Å². The molecule has 1 aromatic rings. The molecule has 0 N–H and O–H groups in total. The van der Waals surface area contributed by atoms with Crippen LogP contribution in [0.4, 0.5) is 0 Å². The molecule has 0 aliphatic rings. The number of nitrogens with zero attached hydrogens (tertiary/aromatic N) is 2. The molecule has 0 unspecified atom stereocenters. The summed E-state index contributed by atoms with van der Waals surface area (Å²) in [6.45, 7) is 0. The molecule has 0 aliphatic carbocycles. The first kappa shape index (κ1) is 7.27. The van der Waals surface area contributed by atoms with Gasteiger partial charge in [0.2, 0.25) is 0 Å². The van der Waals surface area contributed by atoms with Crippen molar-refractivity contribution in [2.75, 3.05) is 6.26 Å². The van der Waals surface area contributed by atoms with Crippen molar-refractivity contribution in [2.45, 2.75) is 5.03 Å². The molecule has 1 aromatic heterocycles. The van der Waals surface area contributed by atoms with E-state index in [9.17, 15) is 8.42 Å². The van der Waals surface area contributed by atoms with Crippen molar-refractivity contribution in [3.8, 4) is 0 Å². The average molecular weight is 159 g/mol. The summed E-state index contributed by atoms with van der Waals surface area (Å²) < 4.78 is 22.9. The summed E-state index contributed by atoms with van der Waals surface area (Å²) in [6, 6.07) is 1.34. The van der Waals surface area contributed by atoms with Crippen molar-refractivity contribution < 1.29 is 8.42 Å². The van der Waals surface area contributed by atoms with Gasteiger partial charge in [-0.2, -0.15) is 5.10 Å². The van der Waals surface area contributed by atoms with Gasteiger partial charge in [0, 0.05) is 19.4 Å². The lowest BCUT2D eigenvalue weighted by Gasteiger charge is -1.95. The molecule has 0 atom stereocenters. The Hall–Kier alpha value is -0.840. The highest BCUT2D eigenvalue weighted by Gasteiger charge is 2.10. The van der Waals surface area contributed by atoms with Gasteiger partial charge in [-0.25, -0.2) is 8.42 Å². The molecule has 4 nitrogen and oxygen atoms in total. The minimum Gasteiger partial charge on any atom is -0.257 e. The molecular weight excluding hydrogens is 152 g/mol. The molecule has 55 valence electrons. The van der Waals surface area contributed by atoms with Crippen LogP contribution in [0.3, 0.4) is 0 Å². The number of hydrogen-bond donors (Lipinski definition) is 0. The van der Waals surface area contributed by atoms with Crippen LogP contribution >= 0.6 is 0 Å². The summed E-state index contributed by atoms with van der Waals surface area (Å²) in [4.78, 5) is 0. The van der Waals surface area contributed by atoms with E-state index in [0.29, 0.717) is 0 Å². The zero-order valence-electron chi connectivity index (χ0n) is 5.70. The number of aryl methyl sites for hydroxylation is 1. The Kier molecular flexibility index (Phi) is 1.52. The first-order valence-corrected chi connectivity index (χ1v) is 4.51. The van der Waals surface area contributed by atoms with Crippen molar-refractivity contribution in [3.63, 3.8) is 0 Å². The van der Waals surface area contributed by atoms with Crippen molar-refractivity contribution in [1.29, 1.82) is 0 Å². The standard InChI is InChI=1S/C5H7N2O2S/c1-7-5(3-4-6-7)10(2,8)9/h3H,1-2H3. The Bertz CT molecular complexity index is 325. The van der Waals surface area contributed by atoms with Gasteiger partial charge in [0.05, 0.1) is 0 Å². The van der Waals surface area contributed by atoms with Crippen LogP contribution in [-0.4, -0.2) is 24.5 Å². The summed E-state index contributed by atoms with van der Waals surface area (Å²) >= 11 is 0. The summed E-state index contributed by atoms with van der Waals surface area (Å²) in [5.74, 6) is 0. The Labute approximate surface area is 59.4 Å². The molecule has 0 saturated carbocycles. The monoisotopic (exact) mass is 159 g/mol. The van der Waals surface area contributed by atoms with Crippen LogP contribution < -0.4 is 0 Å². The van der Waals surface area contributed by atoms with Gasteiger partial charge in [-0.1, -0.05) is 0 Å². The first-order valence-electron chi connectivity index (χ1n) is 2.62. The molecule has 0 fully saturated rings. The van der Waals surface area contributed by atoms with E-state index < -0.39 is 9.84 Å². The van der Waals surface area contributed by atoms with E-state index in [1.54, 1.807) is 7.05 Å². The van der Waals surface area contributed by atoms with Gasteiger partial charge in [0.15, 0.2) is 14.9 Å². The fourth-order valence-corrected chi connectivity index (χ4v) is 1.45. The highest BCUT2D eigenvalue weighted by atomic mass is 32.2. The summed E-state index contributed by atoms with van der Waals surface area (Å²) in [5, 5.41) is 3.78. The summed E-state index contributed by atoms with van der Waals surface area (Å²) in [5.41, 5.74) is 0. The predicted molar refractivity (Wildman–Crippen MR) is 35.2 cm³/mol. The largest absolute Gasteiger partial charge is 0.257 e. The summed E-state index contributed by atoms with van der Waals surface area (Å²) in [6.07, 6.45) is 3.58. The minimum atomic E-state index is -3.12. The molecule has 10 heavy (non-hydrogen) atoms. The second-order valence-corrected chi connectivity index (χ2v) is 3.97. The van der Waals surface area contributed by atoms with Crippen LogP contribution in [0.1, 0.15) is 0 Å². The van der Waals surface area contributed by atoms with Crippen LogP contribution in [0.25, 0.3) is 0 Å². The van der Waals surface area contributed by atoms with Crippen LogP contribution in [0.15, 0.2) is 11.1 Å². The van der Waals surface area contributed by atoms with E-state index >= 15 is 0 Å². The molecule has 5 heteroatoms. The van der Waals surface area contributed by atoms with Crippen LogP contribution in [0.5, 0.6) is 0 Å². The molecule has 0 saturated heterocycles.